The highest BCUT2D eigenvalue weighted by Gasteiger charge is 2.15. The number of anilines is 2. The first kappa shape index (κ1) is 20.6. The normalized spacial score (nSPS) is 10.1. The summed E-state index contributed by atoms with van der Waals surface area (Å²) in [6.07, 6.45) is 1.59. The van der Waals surface area contributed by atoms with Crippen LogP contribution in [0.4, 0.5) is 11.6 Å². The molecule has 0 aliphatic heterocycles. The summed E-state index contributed by atoms with van der Waals surface area (Å²) in [4.78, 5) is 21.1. The van der Waals surface area contributed by atoms with Crippen molar-refractivity contribution in [1.29, 1.82) is 5.26 Å². The minimum atomic E-state index is -0.483. The molecular formula is C22H20N4O4. The van der Waals surface area contributed by atoms with Gasteiger partial charge in [0.25, 0.3) is 0 Å². The largest absolute Gasteiger partial charge is 0.497 e. The average molecular weight is 404 g/mol. The molecule has 0 unspecified atom stereocenters. The van der Waals surface area contributed by atoms with Gasteiger partial charge in [-0.25, -0.2) is 14.8 Å². The van der Waals surface area contributed by atoms with Crippen molar-refractivity contribution in [3.8, 4) is 28.8 Å². The highest BCUT2D eigenvalue weighted by atomic mass is 16.5. The molecule has 0 spiro atoms. The lowest BCUT2D eigenvalue weighted by Crippen LogP contribution is -2.09. The Morgan fingerprint density at radius 2 is 1.97 bits per heavy atom. The second-order valence-corrected chi connectivity index (χ2v) is 6.05. The van der Waals surface area contributed by atoms with Crippen molar-refractivity contribution in [2.45, 2.75) is 6.92 Å². The first-order valence-corrected chi connectivity index (χ1v) is 9.13. The summed E-state index contributed by atoms with van der Waals surface area (Å²) in [5, 5.41) is 12.4. The molecule has 152 valence electrons. The summed E-state index contributed by atoms with van der Waals surface area (Å²) in [7, 11) is 3.03. The molecule has 0 aliphatic rings. The van der Waals surface area contributed by atoms with Gasteiger partial charge in [-0.05, 0) is 49.4 Å². The molecule has 0 saturated carbocycles. The number of esters is 1. The van der Waals surface area contributed by atoms with E-state index in [-0.39, 0.29) is 12.6 Å². The van der Waals surface area contributed by atoms with E-state index in [2.05, 4.69) is 21.4 Å². The number of nitrogens with one attached hydrogen (secondary N) is 1. The second-order valence-electron chi connectivity index (χ2n) is 6.05. The fourth-order valence-electron chi connectivity index (χ4n) is 2.79. The molecule has 8 heteroatoms. The van der Waals surface area contributed by atoms with Gasteiger partial charge in [-0.1, -0.05) is 0 Å². The van der Waals surface area contributed by atoms with Gasteiger partial charge in [-0.15, -0.1) is 0 Å². The molecule has 0 saturated heterocycles. The van der Waals surface area contributed by atoms with E-state index in [0.717, 1.165) is 5.56 Å². The Bertz CT molecular complexity index is 1110. The van der Waals surface area contributed by atoms with Crippen LogP contribution in [0, 0.1) is 11.3 Å². The van der Waals surface area contributed by atoms with Gasteiger partial charge in [-0.2, -0.15) is 5.26 Å². The summed E-state index contributed by atoms with van der Waals surface area (Å²) in [5.74, 6) is 0.827. The van der Waals surface area contributed by atoms with E-state index < -0.39 is 5.97 Å². The van der Waals surface area contributed by atoms with E-state index in [1.807, 2.05) is 6.07 Å². The Morgan fingerprint density at radius 3 is 2.67 bits per heavy atom. The van der Waals surface area contributed by atoms with Crippen LogP contribution in [0.25, 0.3) is 11.3 Å². The molecule has 1 N–H and O–H groups in total. The number of carbonyl (C=O) groups excluding carboxylic acids is 1. The van der Waals surface area contributed by atoms with Gasteiger partial charge in [0.15, 0.2) is 0 Å². The highest BCUT2D eigenvalue weighted by Crippen LogP contribution is 2.28. The molecule has 3 rings (SSSR count). The smallest absolute Gasteiger partial charge is 0.340 e. The van der Waals surface area contributed by atoms with E-state index in [9.17, 15) is 10.1 Å². The summed E-state index contributed by atoms with van der Waals surface area (Å²) < 4.78 is 15.5. The van der Waals surface area contributed by atoms with Crippen LogP contribution in [0.2, 0.25) is 0 Å². The van der Waals surface area contributed by atoms with Crippen molar-refractivity contribution in [2.75, 3.05) is 26.1 Å². The fourth-order valence-corrected chi connectivity index (χ4v) is 2.79. The third-order valence-electron chi connectivity index (χ3n) is 4.24. The first-order chi connectivity index (χ1) is 14.6. The van der Waals surface area contributed by atoms with Crippen LogP contribution in [0.3, 0.4) is 0 Å². The SMILES string of the molecule is CCOC(=O)c1cc(OC)ccc1Nc1nccc(-c2ccc(OC)c(C#N)c2)n1. The topological polar surface area (TPSA) is 106 Å². The average Bonchev–Trinajstić information content (AvgIpc) is 2.79. The Hall–Kier alpha value is -4.12. The van der Waals surface area contributed by atoms with Gasteiger partial charge in [-0.3, -0.25) is 0 Å². The van der Waals surface area contributed by atoms with Crippen molar-refractivity contribution in [3.63, 3.8) is 0 Å². The number of methoxy groups -OCH3 is 2. The molecule has 1 aromatic heterocycles. The molecule has 0 amide bonds. The molecule has 0 fully saturated rings. The molecular weight excluding hydrogens is 384 g/mol. The molecule has 0 aliphatic carbocycles. The van der Waals surface area contributed by atoms with Gasteiger partial charge in [0.05, 0.1) is 43.3 Å². The molecule has 1 heterocycles. The van der Waals surface area contributed by atoms with Crippen LogP contribution in [-0.4, -0.2) is 36.8 Å². The Morgan fingerprint density at radius 1 is 1.13 bits per heavy atom. The number of benzene rings is 2. The number of hydrogen-bond donors (Lipinski definition) is 1. The first-order valence-electron chi connectivity index (χ1n) is 9.13. The van der Waals surface area contributed by atoms with Gasteiger partial charge in [0.2, 0.25) is 5.95 Å². The molecule has 0 bridgehead atoms. The third kappa shape index (κ3) is 4.47. The lowest BCUT2D eigenvalue weighted by atomic mass is 10.1. The predicted octanol–water partition coefficient (Wildman–Crippen LogP) is 3.95. The molecule has 30 heavy (non-hydrogen) atoms. The van der Waals surface area contributed by atoms with Crippen LogP contribution in [0.5, 0.6) is 11.5 Å². The molecule has 0 radical (unpaired) electrons. The maximum Gasteiger partial charge on any atom is 0.340 e. The minimum absolute atomic E-state index is 0.250. The van der Waals surface area contributed by atoms with Crippen LogP contribution >= 0.6 is 0 Å². The van der Waals surface area contributed by atoms with Gasteiger partial charge in [0.1, 0.15) is 17.6 Å². The van der Waals surface area contributed by atoms with E-state index in [4.69, 9.17) is 14.2 Å². The predicted molar refractivity (Wildman–Crippen MR) is 111 cm³/mol. The quantitative estimate of drug-likeness (QED) is 0.590. The van der Waals surface area contributed by atoms with Crippen molar-refractivity contribution in [1.82, 2.24) is 9.97 Å². The standard InChI is InChI=1S/C22H20N4O4/c1-4-30-21(27)17-12-16(28-2)6-7-19(17)26-22-24-10-9-18(25-22)14-5-8-20(29-3)15(11-14)13-23/h5-12H,4H2,1-3H3,(H,24,25,26). The third-order valence-corrected chi connectivity index (χ3v) is 4.24. The molecule has 8 nitrogen and oxygen atoms in total. The second kappa shape index (κ2) is 9.39. The number of aromatic nitrogens is 2. The Kier molecular flexibility index (Phi) is 6.45. The maximum absolute atomic E-state index is 12.3. The van der Waals surface area contributed by atoms with Crippen LogP contribution in [-0.2, 0) is 4.74 Å². The van der Waals surface area contributed by atoms with Crippen LogP contribution in [0.15, 0.2) is 48.7 Å². The van der Waals surface area contributed by atoms with E-state index in [1.54, 1.807) is 49.5 Å². The van der Waals surface area contributed by atoms with Gasteiger partial charge < -0.3 is 19.5 Å². The van der Waals surface area contributed by atoms with E-state index >= 15 is 0 Å². The molecule has 0 atom stereocenters. The number of rotatable bonds is 7. The summed E-state index contributed by atoms with van der Waals surface area (Å²) in [5.41, 5.74) is 2.54. The van der Waals surface area contributed by atoms with Gasteiger partial charge in [0, 0.05) is 11.8 Å². The zero-order chi connectivity index (χ0) is 21.5. The number of nitrogens with zero attached hydrogens (tertiary/aromatic N) is 3. The number of nitriles is 1. The van der Waals surface area contributed by atoms with Crippen molar-refractivity contribution in [3.05, 3.63) is 59.8 Å². The molecule has 3 aromatic rings. The van der Waals surface area contributed by atoms with E-state index in [1.165, 1.54) is 14.2 Å². The van der Waals surface area contributed by atoms with E-state index in [0.29, 0.717) is 34.0 Å². The number of hydrogen-bond acceptors (Lipinski definition) is 8. The summed E-state index contributed by atoms with van der Waals surface area (Å²) in [6, 6.07) is 14.1. The number of carbonyl (C=O) groups is 1. The van der Waals surface area contributed by atoms with Crippen molar-refractivity contribution < 1.29 is 19.0 Å². The number of ether oxygens (including phenoxy) is 3. The maximum atomic E-state index is 12.3. The minimum Gasteiger partial charge on any atom is -0.497 e. The fraction of sp³-hybridized carbons (Fsp3) is 0.182. The lowest BCUT2D eigenvalue weighted by Gasteiger charge is -2.12. The Balaban J connectivity index is 1.95. The monoisotopic (exact) mass is 404 g/mol. The van der Waals surface area contributed by atoms with Crippen molar-refractivity contribution >= 4 is 17.6 Å². The van der Waals surface area contributed by atoms with Gasteiger partial charge >= 0.3 is 5.97 Å². The zero-order valence-electron chi connectivity index (χ0n) is 16.8. The molecule has 2 aromatic carbocycles. The summed E-state index contributed by atoms with van der Waals surface area (Å²) in [6.45, 7) is 1.99. The highest BCUT2D eigenvalue weighted by molar-refractivity contribution is 5.96. The van der Waals surface area contributed by atoms with Crippen molar-refractivity contribution in [2.24, 2.45) is 0 Å². The lowest BCUT2D eigenvalue weighted by molar-refractivity contribution is 0.0527. The Labute approximate surface area is 174 Å². The summed E-state index contributed by atoms with van der Waals surface area (Å²) >= 11 is 0. The van der Waals surface area contributed by atoms with Crippen LogP contribution in [0.1, 0.15) is 22.8 Å². The van der Waals surface area contributed by atoms with Crippen LogP contribution < -0.4 is 14.8 Å². The zero-order valence-corrected chi connectivity index (χ0v) is 16.8.